The van der Waals surface area contributed by atoms with Crippen LogP contribution in [0.4, 0.5) is 22.0 Å². The zero-order chi connectivity index (χ0) is 27.0. The Morgan fingerprint density at radius 2 is 1.76 bits per heavy atom. The molecule has 1 amide bonds. The lowest BCUT2D eigenvalue weighted by molar-refractivity contribution is -0.144. The molecule has 0 radical (unpaired) electrons. The number of carbonyl (C=O) groups excluding carboxylic acids is 2. The molecule has 11 heteroatoms. The third-order valence-corrected chi connectivity index (χ3v) is 6.04. The van der Waals surface area contributed by atoms with Crippen LogP contribution in [0.1, 0.15) is 60.5 Å². The molecule has 0 aromatic heterocycles. The van der Waals surface area contributed by atoms with E-state index in [9.17, 15) is 31.5 Å². The van der Waals surface area contributed by atoms with E-state index in [0.717, 1.165) is 43.2 Å². The van der Waals surface area contributed by atoms with E-state index in [-0.39, 0.29) is 41.6 Å². The summed E-state index contributed by atoms with van der Waals surface area (Å²) in [5.74, 6) is -3.14. The number of aliphatic imine (C=N–C) groups is 1. The molecule has 1 fully saturated rings. The number of carbonyl (C=O) groups is 2. The number of nitrogens with zero attached hydrogens (tertiary/aromatic N) is 1. The third-order valence-electron chi connectivity index (χ3n) is 6.04. The zero-order valence-electron chi connectivity index (χ0n) is 20.2. The van der Waals surface area contributed by atoms with Crippen LogP contribution >= 0.6 is 0 Å². The smallest absolute Gasteiger partial charge is 0.416 e. The fourth-order valence-corrected chi connectivity index (χ4v) is 4.11. The minimum atomic E-state index is -4.51. The van der Waals surface area contributed by atoms with Crippen LogP contribution in [-0.2, 0) is 22.3 Å². The number of ether oxygens (including phenoxy) is 1. The number of hydrogen-bond acceptors (Lipinski definition) is 4. The van der Waals surface area contributed by atoms with Crippen molar-refractivity contribution in [3.63, 3.8) is 0 Å². The van der Waals surface area contributed by atoms with Gasteiger partial charge in [-0.25, -0.2) is 13.8 Å². The number of nitrogens with one attached hydrogen (secondary N) is 2. The standard InChI is InChI=1S/C26H28F5N3O3/c1-2-37-23(35)13-16-6-9-20(10-7-16)33-25(34-24(36)18-8-11-21(27)22(28)14-18)32-15-17-4-3-5-19(12-17)26(29,30)31/h3-5,8,11-12,14,16,20H,2,6-7,9-10,13,15H2,1H3,(H2,32,33,34,36). The SMILES string of the molecule is CCOC(=O)CC1CCC(NC(=NCc2cccc(C(F)(F)F)c2)NC(=O)c2ccc(F)c(F)c2)CC1. The molecule has 0 bridgehead atoms. The average molecular weight is 526 g/mol. The average Bonchev–Trinajstić information content (AvgIpc) is 2.85. The van der Waals surface area contributed by atoms with Crippen molar-refractivity contribution in [2.75, 3.05) is 6.61 Å². The van der Waals surface area contributed by atoms with Gasteiger partial charge >= 0.3 is 12.1 Å². The first kappa shape index (κ1) is 28.1. The molecule has 1 aliphatic carbocycles. The highest BCUT2D eigenvalue weighted by Crippen LogP contribution is 2.30. The quantitative estimate of drug-likeness (QED) is 0.221. The summed E-state index contributed by atoms with van der Waals surface area (Å²) in [6, 6.07) is 7.23. The van der Waals surface area contributed by atoms with E-state index in [1.54, 1.807) is 6.92 Å². The van der Waals surface area contributed by atoms with Gasteiger partial charge in [-0.1, -0.05) is 12.1 Å². The van der Waals surface area contributed by atoms with Gasteiger partial charge in [-0.15, -0.1) is 0 Å². The summed E-state index contributed by atoms with van der Waals surface area (Å²) >= 11 is 0. The van der Waals surface area contributed by atoms with Gasteiger partial charge in [0.05, 0.1) is 18.7 Å². The molecule has 3 rings (SSSR count). The van der Waals surface area contributed by atoms with Gasteiger partial charge in [0.15, 0.2) is 17.6 Å². The Hall–Kier alpha value is -3.50. The monoisotopic (exact) mass is 525 g/mol. The molecule has 0 spiro atoms. The topological polar surface area (TPSA) is 79.8 Å². The first-order valence-corrected chi connectivity index (χ1v) is 11.9. The molecule has 0 aliphatic heterocycles. The molecule has 0 saturated heterocycles. The highest BCUT2D eigenvalue weighted by atomic mass is 19.4. The van der Waals surface area contributed by atoms with Crippen molar-refractivity contribution in [3.8, 4) is 0 Å². The molecule has 0 unspecified atom stereocenters. The predicted octanol–water partition coefficient (Wildman–Crippen LogP) is 5.37. The fraction of sp³-hybridized carbons (Fsp3) is 0.423. The molecule has 2 aromatic carbocycles. The Labute approximate surface area is 211 Å². The van der Waals surface area contributed by atoms with Crippen LogP contribution in [0.2, 0.25) is 0 Å². The largest absolute Gasteiger partial charge is 0.466 e. The van der Waals surface area contributed by atoms with Crippen LogP contribution in [0, 0.1) is 17.6 Å². The maximum Gasteiger partial charge on any atom is 0.416 e. The van der Waals surface area contributed by atoms with Gasteiger partial charge in [-0.05, 0) is 74.4 Å². The van der Waals surface area contributed by atoms with Crippen LogP contribution in [0.25, 0.3) is 0 Å². The third kappa shape index (κ3) is 8.54. The minimum Gasteiger partial charge on any atom is -0.466 e. The highest BCUT2D eigenvalue weighted by molar-refractivity contribution is 6.05. The number of hydrogen-bond donors (Lipinski definition) is 2. The van der Waals surface area contributed by atoms with Gasteiger partial charge in [0.25, 0.3) is 5.91 Å². The Bertz CT molecular complexity index is 1130. The second kappa shape index (κ2) is 12.6. The van der Waals surface area contributed by atoms with Crippen molar-refractivity contribution < 1.29 is 36.3 Å². The lowest BCUT2D eigenvalue weighted by Crippen LogP contribution is -2.47. The first-order valence-electron chi connectivity index (χ1n) is 11.9. The number of alkyl halides is 3. The zero-order valence-corrected chi connectivity index (χ0v) is 20.2. The number of rotatable bonds is 7. The molecular formula is C26H28F5N3O3. The van der Waals surface area contributed by atoms with Crippen molar-refractivity contribution in [1.82, 2.24) is 10.6 Å². The summed E-state index contributed by atoms with van der Waals surface area (Å²) in [5, 5.41) is 5.63. The number of guanidine groups is 1. The van der Waals surface area contributed by atoms with Gasteiger partial charge in [-0.2, -0.15) is 13.2 Å². The van der Waals surface area contributed by atoms with Crippen LogP contribution < -0.4 is 10.6 Å². The van der Waals surface area contributed by atoms with Gasteiger partial charge < -0.3 is 10.1 Å². The first-order chi connectivity index (χ1) is 17.5. The van der Waals surface area contributed by atoms with Gasteiger partial charge in [0.2, 0.25) is 0 Å². The Kier molecular flexibility index (Phi) is 9.60. The fourth-order valence-electron chi connectivity index (χ4n) is 4.11. The summed E-state index contributed by atoms with van der Waals surface area (Å²) in [6.45, 7) is 1.90. The molecule has 2 N–H and O–H groups in total. The second-order valence-electron chi connectivity index (χ2n) is 8.82. The van der Waals surface area contributed by atoms with Crippen LogP contribution in [-0.4, -0.2) is 30.5 Å². The molecule has 37 heavy (non-hydrogen) atoms. The van der Waals surface area contributed by atoms with E-state index in [0.29, 0.717) is 25.9 Å². The van der Waals surface area contributed by atoms with Crippen molar-refractivity contribution in [1.29, 1.82) is 0 Å². The molecule has 0 heterocycles. The molecule has 1 aliphatic rings. The number of benzene rings is 2. The highest BCUT2D eigenvalue weighted by Gasteiger charge is 2.30. The summed E-state index contributed by atoms with van der Waals surface area (Å²) in [4.78, 5) is 28.7. The summed E-state index contributed by atoms with van der Waals surface area (Å²) in [7, 11) is 0. The molecule has 6 nitrogen and oxygen atoms in total. The second-order valence-corrected chi connectivity index (χ2v) is 8.82. The normalized spacial score (nSPS) is 18.3. The maximum atomic E-state index is 13.6. The Morgan fingerprint density at radius 1 is 1.03 bits per heavy atom. The van der Waals surface area contributed by atoms with E-state index >= 15 is 0 Å². The van der Waals surface area contributed by atoms with Crippen LogP contribution in [0.5, 0.6) is 0 Å². The Morgan fingerprint density at radius 3 is 2.41 bits per heavy atom. The predicted molar refractivity (Wildman–Crippen MR) is 127 cm³/mol. The number of halogens is 5. The van der Waals surface area contributed by atoms with E-state index in [4.69, 9.17) is 4.74 Å². The minimum absolute atomic E-state index is 0.000914. The van der Waals surface area contributed by atoms with Crippen molar-refractivity contribution in [2.45, 2.75) is 57.8 Å². The van der Waals surface area contributed by atoms with E-state index in [1.165, 1.54) is 12.1 Å². The summed E-state index contributed by atoms with van der Waals surface area (Å²) in [5.41, 5.74) is -0.694. The molecular weight excluding hydrogens is 497 g/mol. The molecule has 2 aromatic rings. The van der Waals surface area contributed by atoms with Crippen molar-refractivity contribution >= 4 is 17.8 Å². The number of amides is 1. The Balaban J connectivity index is 1.72. The van der Waals surface area contributed by atoms with E-state index in [2.05, 4.69) is 15.6 Å². The van der Waals surface area contributed by atoms with E-state index in [1.807, 2.05) is 0 Å². The van der Waals surface area contributed by atoms with E-state index < -0.39 is 29.3 Å². The lowest BCUT2D eigenvalue weighted by Gasteiger charge is -2.29. The van der Waals surface area contributed by atoms with Crippen molar-refractivity contribution in [2.24, 2.45) is 10.9 Å². The molecule has 0 atom stereocenters. The van der Waals surface area contributed by atoms with Crippen molar-refractivity contribution in [3.05, 3.63) is 70.8 Å². The summed E-state index contributed by atoms with van der Waals surface area (Å²) in [6.07, 6.45) is -1.40. The van der Waals surface area contributed by atoms with Crippen LogP contribution in [0.3, 0.4) is 0 Å². The van der Waals surface area contributed by atoms with Crippen LogP contribution in [0.15, 0.2) is 47.5 Å². The summed E-state index contributed by atoms with van der Waals surface area (Å²) < 4.78 is 71.0. The van der Waals surface area contributed by atoms with Gasteiger partial charge in [-0.3, -0.25) is 14.9 Å². The molecule has 1 saturated carbocycles. The number of esters is 1. The van der Waals surface area contributed by atoms with Gasteiger partial charge in [0.1, 0.15) is 0 Å². The van der Waals surface area contributed by atoms with Gasteiger partial charge in [0, 0.05) is 18.0 Å². The maximum absolute atomic E-state index is 13.6. The molecule has 200 valence electrons. The lowest BCUT2D eigenvalue weighted by atomic mass is 9.84.